The molecule has 1 heterocycles. The topological polar surface area (TPSA) is 70.1 Å². The van der Waals surface area contributed by atoms with Crippen LogP contribution in [-0.2, 0) is 9.59 Å². The minimum Gasteiger partial charge on any atom is -0.507 e. The van der Waals surface area contributed by atoms with E-state index in [1.165, 1.54) is 0 Å². The van der Waals surface area contributed by atoms with Crippen molar-refractivity contribution in [2.45, 2.75) is 32.7 Å². The zero-order chi connectivity index (χ0) is 23.3. The summed E-state index contributed by atoms with van der Waals surface area (Å²) in [5, 5.41) is 11.1. The summed E-state index contributed by atoms with van der Waals surface area (Å²) in [6, 6.07) is 14.0. The van der Waals surface area contributed by atoms with Crippen molar-refractivity contribution >= 4 is 17.4 Å². The molecule has 3 rings (SSSR count). The molecule has 0 radical (unpaired) electrons. The van der Waals surface area contributed by atoms with Crippen LogP contribution < -0.4 is 4.74 Å². The van der Waals surface area contributed by atoms with Crippen molar-refractivity contribution in [3.63, 3.8) is 0 Å². The number of Topliss-reactive ketones (excluding diaryl/α,β-unsaturated/α-hetero) is 1. The fourth-order valence-electron chi connectivity index (χ4n) is 3.88. The SMILES string of the molecule is CCCOc1cccc([C@@H]2C(=C(O)c3ccc(C)cc3)C(=O)C(=O)N2CCCN(C)C)c1. The van der Waals surface area contributed by atoms with Gasteiger partial charge in [0.15, 0.2) is 0 Å². The van der Waals surface area contributed by atoms with E-state index in [-0.39, 0.29) is 11.3 Å². The van der Waals surface area contributed by atoms with Crippen LogP contribution in [0.1, 0.15) is 42.5 Å². The maximum Gasteiger partial charge on any atom is 0.295 e. The minimum absolute atomic E-state index is 0.122. The summed E-state index contributed by atoms with van der Waals surface area (Å²) >= 11 is 0. The number of aliphatic hydroxyl groups excluding tert-OH is 1. The molecule has 0 spiro atoms. The maximum atomic E-state index is 13.1. The quantitative estimate of drug-likeness (QED) is 0.363. The van der Waals surface area contributed by atoms with Crippen LogP contribution in [0.25, 0.3) is 5.76 Å². The second-order valence-electron chi connectivity index (χ2n) is 8.44. The lowest BCUT2D eigenvalue weighted by molar-refractivity contribution is -0.139. The fourth-order valence-corrected chi connectivity index (χ4v) is 3.88. The number of amides is 1. The Hall–Kier alpha value is -3.12. The van der Waals surface area contributed by atoms with Gasteiger partial charge in [-0.1, -0.05) is 48.9 Å². The van der Waals surface area contributed by atoms with Crippen molar-refractivity contribution in [3.05, 3.63) is 70.8 Å². The highest BCUT2D eigenvalue weighted by Gasteiger charge is 2.45. The van der Waals surface area contributed by atoms with Crippen molar-refractivity contribution in [3.8, 4) is 5.75 Å². The van der Waals surface area contributed by atoms with Gasteiger partial charge in [0.05, 0.1) is 18.2 Å². The molecule has 6 heteroatoms. The first kappa shape index (κ1) is 23.5. The van der Waals surface area contributed by atoms with E-state index in [1.54, 1.807) is 17.0 Å². The molecule has 0 saturated carbocycles. The molecule has 2 aromatic rings. The van der Waals surface area contributed by atoms with Gasteiger partial charge in [0.2, 0.25) is 0 Å². The van der Waals surface area contributed by atoms with Gasteiger partial charge in [0.25, 0.3) is 11.7 Å². The molecule has 0 bridgehead atoms. The molecule has 0 aliphatic carbocycles. The summed E-state index contributed by atoms with van der Waals surface area (Å²) in [5.74, 6) is -0.706. The van der Waals surface area contributed by atoms with Gasteiger partial charge in [0, 0.05) is 12.1 Å². The molecule has 1 saturated heterocycles. The van der Waals surface area contributed by atoms with Crippen LogP contribution in [0.2, 0.25) is 0 Å². The molecule has 1 N–H and O–H groups in total. The molecule has 1 atom stereocenters. The zero-order valence-electron chi connectivity index (χ0n) is 19.3. The molecule has 1 amide bonds. The Bertz CT molecular complexity index is 995. The number of carbonyl (C=O) groups excluding carboxylic acids is 2. The van der Waals surface area contributed by atoms with Crippen LogP contribution in [0.3, 0.4) is 0 Å². The largest absolute Gasteiger partial charge is 0.507 e. The number of hydrogen-bond acceptors (Lipinski definition) is 5. The third kappa shape index (κ3) is 5.19. The van der Waals surface area contributed by atoms with Gasteiger partial charge in [-0.15, -0.1) is 0 Å². The van der Waals surface area contributed by atoms with E-state index in [4.69, 9.17) is 4.74 Å². The van der Waals surface area contributed by atoms with Crippen molar-refractivity contribution in [1.82, 2.24) is 9.80 Å². The molecule has 6 nitrogen and oxygen atoms in total. The standard InChI is InChI=1S/C26H32N2O4/c1-5-16-32-21-9-6-8-20(17-21)23-22(24(29)19-12-10-18(2)11-13-19)25(30)26(31)28(23)15-7-14-27(3)4/h6,8-13,17,23,29H,5,7,14-16H2,1-4H3/t23-/m1/s1. The van der Waals surface area contributed by atoms with Crippen LogP contribution in [-0.4, -0.2) is 60.4 Å². The maximum absolute atomic E-state index is 13.1. The number of ether oxygens (including phenoxy) is 1. The highest BCUT2D eigenvalue weighted by atomic mass is 16.5. The molecule has 1 fully saturated rings. The molecule has 0 aromatic heterocycles. The van der Waals surface area contributed by atoms with Gasteiger partial charge in [-0.05, 0) is 58.1 Å². The fraction of sp³-hybridized carbons (Fsp3) is 0.385. The Morgan fingerprint density at radius 1 is 1.12 bits per heavy atom. The Balaban J connectivity index is 2.07. The number of hydrogen-bond donors (Lipinski definition) is 1. The van der Waals surface area contributed by atoms with Crippen molar-refractivity contribution in [1.29, 1.82) is 0 Å². The Labute approximate surface area is 190 Å². The van der Waals surface area contributed by atoms with Crippen LogP contribution >= 0.6 is 0 Å². The predicted molar refractivity (Wildman–Crippen MR) is 126 cm³/mol. The van der Waals surface area contributed by atoms with E-state index in [1.807, 2.05) is 69.2 Å². The summed E-state index contributed by atoms with van der Waals surface area (Å²) < 4.78 is 5.78. The highest BCUT2D eigenvalue weighted by Crippen LogP contribution is 2.40. The van der Waals surface area contributed by atoms with E-state index >= 15 is 0 Å². The predicted octanol–water partition coefficient (Wildman–Crippen LogP) is 4.16. The summed E-state index contributed by atoms with van der Waals surface area (Å²) in [4.78, 5) is 29.7. The van der Waals surface area contributed by atoms with Crippen LogP contribution in [0.15, 0.2) is 54.1 Å². The molecule has 0 unspecified atom stereocenters. The zero-order valence-corrected chi connectivity index (χ0v) is 19.3. The van der Waals surface area contributed by atoms with E-state index in [9.17, 15) is 14.7 Å². The Morgan fingerprint density at radius 2 is 1.84 bits per heavy atom. The van der Waals surface area contributed by atoms with Crippen LogP contribution in [0, 0.1) is 6.92 Å². The molecule has 32 heavy (non-hydrogen) atoms. The average Bonchev–Trinajstić information content (AvgIpc) is 3.02. The third-order valence-electron chi connectivity index (χ3n) is 5.52. The van der Waals surface area contributed by atoms with Crippen molar-refractivity contribution < 1.29 is 19.4 Å². The summed E-state index contributed by atoms with van der Waals surface area (Å²) in [6.07, 6.45) is 1.59. The van der Waals surface area contributed by atoms with Crippen LogP contribution in [0.4, 0.5) is 0 Å². The van der Waals surface area contributed by atoms with Gasteiger partial charge >= 0.3 is 0 Å². The number of rotatable bonds is 9. The third-order valence-corrected chi connectivity index (χ3v) is 5.52. The first-order valence-corrected chi connectivity index (χ1v) is 11.1. The van der Waals surface area contributed by atoms with Gasteiger partial charge in [-0.3, -0.25) is 9.59 Å². The number of ketones is 1. The molecule has 1 aliphatic rings. The molecule has 2 aromatic carbocycles. The molecule has 170 valence electrons. The number of aliphatic hydroxyl groups is 1. The monoisotopic (exact) mass is 436 g/mol. The smallest absolute Gasteiger partial charge is 0.295 e. The van der Waals surface area contributed by atoms with Gasteiger partial charge in [-0.25, -0.2) is 0 Å². The van der Waals surface area contributed by atoms with Gasteiger partial charge < -0.3 is 19.6 Å². The Kier molecular flexibility index (Phi) is 7.70. The van der Waals surface area contributed by atoms with Crippen LogP contribution in [0.5, 0.6) is 5.75 Å². The first-order chi connectivity index (χ1) is 15.3. The normalized spacial score (nSPS) is 17.9. The molecular formula is C26H32N2O4. The minimum atomic E-state index is -0.663. The second kappa shape index (κ2) is 10.5. The van der Waals surface area contributed by atoms with Crippen molar-refractivity contribution in [2.24, 2.45) is 0 Å². The molecular weight excluding hydrogens is 404 g/mol. The lowest BCUT2D eigenvalue weighted by Gasteiger charge is -2.26. The van der Waals surface area contributed by atoms with E-state index in [2.05, 4.69) is 0 Å². The lowest BCUT2D eigenvalue weighted by Crippen LogP contribution is -2.32. The highest BCUT2D eigenvalue weighted by molar-refractivity contribution is 6.46. The first-order valence-electron chi connectivity index (χ1n) is 11.1. The number of carbonyl (C=O) groups is 2. The number of nitrogens with zero attached hydrogens (tertiary/aromatic N) is 2. The number of aryl methyl sites for hydroxylation is 1. The van der Waals surface area contributed by atoms with E-state index in [0.717, 1.165) is 24.1 Å². The number of likely N-dealkylation sites (tertiary alicyclic amines) is 1. The Morgan fingerprint density at radius 3 is 2.50 bits per heavy atom. The lowest BCUT2D eigenvalue weighted by atomic mass is 9.95. The van der Waals surface area contributed by atoms with Gasteiger partial charge in [-0.2, -0.15) is 0 Å². The summed E-state index contributed by atoms with van der Waals surface area (Å²) in [7, 11) is 3.94. The number of benzene rings is 2. The average molecular weight is 437 g/mol. The second-order valence-corrected chi connectivity index (χ2v) is 8.44. The van der Waals surface area contributed by atoms with E-state index in [0.29, 0.717) is 30.9 Å². The summed E-state index contributed by atoms with van der Waals surface area (Å²) in [6.45, 7) is 5.77. The summed E-state index contributed by atoms with van der Waals surface area (Å²) in [5.41, 5.74) is 2.43. The molecule has 1 aliphatic heterocycles. The van der Waals surface area contributed by atoms with Crippen molar-refractivity contribution in [2.75, 3.05) is 33.8 Å². The van der Waals surface area contributed by atoms with Gasteiger partial charge in [0.1, 0.15) is 11.5 Å². The van der Waals surface area contributed by atoms with E-state index < -0.39 is 17.7 Å².